The van der Waals surface area contributed by atoms with E-state index in [1.807, 2.05) is 0 Å². The number of anilines is 1. The molecule has 0 saturated heterocycles. The van der Waals surface area contributed by atoms with Gasteiger partial charge in [-0.1, -0.05) is 12.1 Å². The van der Waals surface area contributed by atoms with E-state index < -0.39 is 24.4 Å². The average Bonchev–Trinajstić information content (AvgIpc) is 3.20. The fraction of sp³-hybridized carbons (Fsp3) is 0.278. The van der Waals surface area contributed by atoms with Gasteiger partial charge < -0.3 is 20.9 Å². The minimum atomic E-state index is -0.645. The van der Waals surface area contributed by atoms with Crippen LogP contribution in [-0.4, -0.2) is 29.5 Å². The van der Waals surface area contributed by atoms with Gasteiger partial charge in [-0.2, -0.15) is 0 Å². The van der Waals surface area contributed by atoms with Crippen molar-refractivity contribution < 1.29 is 24.2 Å². The third-order valence-corrected chi connectivity index (χ3v) is 5.33. The second-order valence-electron chi connectivity index (χ2n) is 5.91. The Morgan fingerprint density at radius 2 is 1.92 bits per heavy atom. The molecular formula is C18H18N2O5S. The van der Waals surface area contributed by atoms with E-state index in [0.29, 0.717) is 16.1 Å². The van der Waals surface area contributed by atoms with Gasteiger partial charge in [0.2, 0.25) is 0 Å². The molecule has 8 heteroatoms. The maximum atomic E-state index is 12.1. The van der Waals surface area contributed by atoms with Crippen molar-refractivity contribution in [3.8, 4) is 0 Å². The number of amides is 2. The Labute approximate surface area is 153 Å². The van der Waals surface area contributed by atoms with Gasteiger partial charge in [-0.3, -0.25) is 9.59 Å². The molecule has 0 unspecified atom stereocenters. The number of carbonyl (C=O) groups is 3. The highest BCUT2D eigenvalue weighted by molar-refractivity contribution is 7.17. The number of hydrogen-bond donors (Lipinski definition) is 3. The number of carbonyl (C=O) groups excluding carboxylic acids is 3. The smallest absolute Gasteiger partial charge is 0.338 e. The number of primary amides is 1. The lowest BCUT2D eigenvalue weighted by Gasteiger charge is -2.07. The molecule has 1 heterocycles. The standard InChI is InChI=1S/C18H18N2O5S/c19-16(23)15-12-2-1-3-13(12)26-17(15)20-14(22)9-25-18(24)11-6-4-10(8-21)5-7-11/h4-7,21H,1-3,8-9H2,(H2,19,23)(H,20,22). The van der Waals surface area contributed by atoms with Crippen LogP contribution in [0.5, 0.6) is 0 Å². The Morgan fingerprint density at radius 1 is 1.19 bits per heavy atom. The molecular weight excluding hydrogens is 356 g/mol. The van der Waals surface area contributed by atoms with Crippen LogP contribution < -0.4 is 11.1 Å². The minimum absolute atomic E-state index is 0.120. The molecule has 0 atom stereocenters. The second-order valence-corrected chi connectivity index (χ2v) is 7.01. The molecule has 1 aromatic heterocycles. The monoisotopic (exact) mass is 374 g/mol. The topological polar surface area (TPSA) is 119 Å². The largest absolute Gasteiger partial charge is 0.452 e. The van der Waals surface area contributed by atoms with Crippen LogP contribution >= 0.6 is 11.3 Å². The molecule has 2 amide bonds. The van der Waals surface area contributed by atoms with Crippen molar-refractivity contribution in [1.29, 1.82) is 0 Å². The van der Waals surface area contributed by atoms with Gasteiger partial charge in [-0.15, -0.1) is 11.3 Å². The molecule has 1 aliphatic carbocycles. The Hall–Kier alpha value is -2.71. The SMILES string of the molecule is NC(=O)c1c(NC(=O)COC(=O)c2ccc(CO)cc2)sc2c1CCC2. The summed E-state index contributed by atoms with van der Waals surface area (Å²) in [5.74, 6) is -1.75. The molecule has 0 spiro atoms. The maximum Gasteiger partial charge on any atom is 0.338 e. The summed E-state index contributed by atoms with van der Waals surface area (Å²) >= 11 is 1.34. The summed E-state index contributed by atoms with van der Waals surface area (Å²) in [6.07, 6.45) is 2.62. The van der Waals surface area contributed by atoms with E-state index >= 15 is 0 Å². The lowest BCUT2D eigenvalue weighted by Crippen LogP contribution is -2.22. The molecule has 2 aromatic rings. The number of hydrogen-bond acceptors (Lipinski definition) is 6. The average molecular weight is 374 g/mol. The lowest BCUT2D eigenvalue weighted by atomic mass is 10.1. The van der Waals surface area contributed by atoms with Gasteiger partial charge >= 0.3 is 5.97 Å². The molecule has 0 bridgehead atoms. The number of aliphatic hydroxyl groups is 1. The highest BCUT2D eigenvalue weighted by atomic mass is 32.1. The van der Waals surface area contributed by atoms with Crippen molar-refractivity contribution in [2.24, 2.45) is 5.73 Å². The summed E-state index contributed by atoms with van der Waals surface area (Å²) in [6, 6.07) is 6.23. The van der Waals surface area contributed by atoms with Crippen LogP contribution in [0.25, 0.3) is 0 Å². The number of esters is 1. The van der Waals surface area contributed by atoms with Crippen LogP contribution in [0.4, 0.5) is 5.00 Å². The Morgan fingerprint density at radius 3 is 2.58 bits per heavy atom. The third kappa shape index (κ3) is 3.76. The molecule has 4 N–H and O–H groups in total. The first-order valence-electron chi connectivity index (χ1n) is 8.10. The van der Waals surface area contributed by atoms with Crippen LogP contribution in [0.15, 0.2) is 24.3 Å². The number of rotatable bonds is 6. The number of fused-ring (bicyclic) bond motifs is 1. The zero-order chi connectivity index (χ0) is 18.7. The number of nitrogens with one attached hydrogen (secondary N) is 1. The van der Waals surface area contributed by atoms with Crippen LogP contribution in [0.2, 0.25) is 0 Å². The predicted octanol–water partition coefficient (Wildman–Crippen LogP) is 1.62. The fourth-order valence-corrected chi connectivity index (χ4v) is 4.19. The Balaban J connectivity index is 1.61. The molecule has 0 radical (unpaired) electrons. The second kappa shape index (κ2) is 7.67. The molecule has 1 aromatic carbocycles. The van der Waals surface area contributed by atoms with Crippen molar-refractivity contribution in [2.75, 3.05) is 11.9 Å². The molecule has 0 saturated carbocycles. The third-order valence-electron chi connectivity index (χ3n) is 4.13. The molecule has 136 valence electrons. The van der Waals surface area contributed by atoms with Crippen LogP contribution in [0, 0.1) is 0 Å². The Kier molecular flexibility index (Phi) is 5.34. The first kappa shape index (κ1) is 18.1. The quantitative estimate of drug-likeness (QED) is 0.664. The summed E-state index contributed by atoms with van der Waals surface area (Å²) in [5.41, 5.74) is 7.67. The summed E-state index contributed by atoms with van der Waals surface area (Å²) in [6.45, 7) is -0.591. The van der Waals surface area contributed by atoms with Gasteiger partial charge in [0, 0.05) is 4.88 Å². The zero-order valence-corrected chi connectivity index (χ0v) is 14.7. The molecule has 0 fully saturated rings. The minimum Gasteiger partial charge on any atom is -0.452 e. The number of thiophene rings is 1. The zero-order valence-electron chi connectivity index (χ0n) is 13.9. The van der Waals surface area contributed by atoms with E-state index in [9.17, 15) is 14.4 Å². The van der Waals surface area contributed by atoms with Gasteiger partial charge in [0.15, 0.2) is 6.61 Å². The number of aryl methyl sites for hydroxylation is 1. The molecule has 3 rings (SSSR count). The van der Waals surface area contributed by atoms with Crippen molar-refractivity contribution >= 4 is 34.1 Å². The summed E-state index contributed by atoms with van der Waals surface area (Å²) < 4.78 is 4.99. The number of nitrogens with two attached hydrogens (primary N) is 1. The summed E-state index contributed by atoms with van der Waals surface area (Å²) in [4.78, 5) is 36.8. The van der Waals surface area contributed by atoms with Crippen LogP contribution in [-0.2, 0) is 29.0 Å². The van der Waals surface area contributed by atoms with Gasteiger partial charge in [0.05, 0.1) is 17.7 Å². The van der Waals surface area contributed by atoms with Gasteiger partial charge in [-0.05, 0) is 42.5 Å². The van der Waals surface area contributed by atoms with E-state index in [0.717, 1.165) is 29.7 Å². The van der Waals surface area contributed by atoms with E-state index in [1.165, 1.54) is 23.5 Å². The van der Waals surface area contributed by atoms with Crippen molar-refractivity contribution in [3.63, 3.8) is 0 Å². The van der Waals surface area contributed by atoms with Crippen molar-refractivity contribution in [3.05, 3.63) is 51.4 Å². The number of aliphatic hydroxyl groups excluding tert-OH is 1. The highest BCUT2D eigenvalue weighted by Gasteiger charge is 2.26. The number of benzene rings is 1. The van der Waals surface area contributed by atoms with Crippen LogP contribution in [0.1, 0.15) is 43.1 Å². The van der Waals surface area contributed by atoms with Crippen LogP contribution in [0.3, 0.4) is 0 Å². The molecule has 26 heavy (non-hydrogen) atoms. The summed E-state index contributed by atoms with van der Waals surface area (Å²) in [5, 5.41) is 12.0. The van der Waals surface area contributed by atoms with E-state index in [2.05, 4.69) is 5.32 Å². The first-order valence-corrected chi connectivity index (χ1v) is 8.92. The van der Waals surface area contributed by atoms with Gasteiger partial charge in [-0.25, -0.2) is 4.79 Å². The van der Waals surface area contributed by atoms with Crippen molar-refractivity contribution in [1.82, 2.24) is 0 Å². The summed E-state index contributed by atoms with van der Waals surface area (Å²) in [7, 11) is 0. The van der Waals surface area contributed by atoms with Crippen molar-refractivity contribution in [2.45, 2.75) is 25.9 Å². The molecule has 7 nitrogen and oxygen atoms in total. The Bertz CT molecular complexity index is 857. The van der Waals surface area contributed by atoms with Gasteiger partial charge in [0.1, 0.15) is 5.00 Å². The molecule has 1 aliphatic rings. The maximum absolute atomic E-state index is 12.1. The van der Waals surface area contributed by atoms with E-state index in [4.69, 9.17) is 15.6 Å². The predicted molar refractivity (Wildman–Crippen MR) is 96.1 cm³/mol. The molecule has 0 aliphatic heterocycles. The highest BCUT2D eigenvalue weighted by Crippen LogP contribution is 2.38. The van der Waals surface area contributed by atoms with E-state index in [-0.39, 0.29) is 12.2 Å². The number of ether oxygens (including phenoxy) is 1. The lowest BCUT2D eigenvalue weighted by molar-refractivity contribution is -0.119. The first-order chi connectivity index (χ1) is 12.5. The van der Waals surface area contributed by atoms with E-state index in [1.54, 1.807) is 12.1 Å². The normalized spacial score (nSPS) is 12.5. The van der Waals surface area contributed by atoms with Gasteiger partial charge in [0.25, 0.3) is 11.8 Å². The fourth-order valence-electron chi connectivity index (χ4n) is 2.88.